The molecule has 1 unspecified atom stereocenters. The van der Waals surface area contributed by atoms with Crippen molar-refractivity contribution >= 4 is 12.1 Å². The van der Waals surface area contributed by atoms with E-state index in [-0.39, 0.29) is 0 Å². The molecule has 1 rings (SSSR count). The van der Waals surface area contributed by atoms with Crippen LogP contribution < -0.4 is 0 Å². The van der Waals surface area contributed by atoms with E-state index in [4.69, 9.17) is 5.11 Å². The van der Waals surface area contributed by atoms with Gasteiger partial charge in [-0.25, -0.2) is 9.59 Å². The molecule has 1 atom stereocenters. The fraction of sp³-hybridized carbons (Fsp3) is 0.333. The fourth-order valence-corrected chi connectivity index (χ4v) is 0.715. The van der Waals surface area contributed by atoms with Crippen LogP contribution in [0.15, 0.2) is 12.2 Å². The van der Waals surface area contributed by atoms with Gasteiger partial charge in [-0.15, -0.1) is 0 Å². The van der Waals surface area contributed by atoms with E-state index in [2.05, 4.69) is 9.47 Å². The maximum atomic E-state index is 10.5. The zero-order valence-corrected chi connectivity index (χ0v) is 5.73. The van der Waals surface area contributed by atoms with E-state index in [1.807, 2.05) is 0 Å². The summed E-state index contributed by atoms with van der Waals surface area (Å²) in [5.41, 5.74) is 0. The van der Waals surface area contributed by atoms with Crippen molar-refractivity contribution in [1.29, 1.82) is 0 Å². The smallest absolute Gasteiger partial charge is 0.450 e. The molecule has 1 aliphatic heterocycles. The Bertz CT molecular complexity index is 231. The van der Waals surface area contributed by atoms with Crippen molar-refractivity contribution < 1.29 is 24.2 Å². The van der Waals surface area contributed by atoms with Crippen LogP contribution in [0.1, 0.15) is 6.92 Å². The Morgan fingerprint density at radius 3 is 2.82 bits per heavy atom. The number of cyclic esters (lactones) is 1. The Morgan fingerprint density at radius 1 is 1.82 bits per heavy atom. The second-order valence-electron chi connectivity index (χ2n) is 2.14. The molecule has 0 fully saturated rings. The molecule has 0 saturated carbocycles. The molecule has 1 aliphatic rings. The molecule has 0 aromatic carbocycles. The van der Waals surface area contributed by atoms with Crippen molar-refractivity contribution in [3.05, 3.63) is 12.2 Å². The highest BCUT2D eigenvalue weighted by atomic mass is 16.8. The monoisotopic (exact) mass is 158 g/mol. The Labute approximate surface area is 62.2 Å². The van der Waals surface area contributed by atoms with Crippen molar-refractivity contribution in [3.8, 4) is 0 Å². The second kappa shape index (κ2) is 2.26. The first-order chi connectivity index (χ1) is 5.02. The van der Waals surface area contributed by atoms with Gasteiger partial charge in [0.05, 0.1) is 0 Å². The van der Waals surface area contributed by atoms with E-state index in [0.29, 0.717) is 0 Å². The predicted molar refractivity (Wildman–Crippen MR) is 32.7 cm³/mol. The number of esters is 1. The van der Waals surface area contributed by atoms with E-state index in [1.54, 1.807) is 0 Å². The molecule has 11 heavy (non-hydrogen) atoms. The largest absolute Gasteiger partial charge is 0.509 e. The van der Waals surface area contributed by atoms with Crippen molar-refractivity contribution in [3.63, 3.8) is 0 Å². The van der Waals surface area contributed by atoms with Gasteiger partial charge in [0.2, 0.25) is 0 Å². The molecule has 60 valence electrons. The summed E-state index contributed by atoms with van der Waals surface area (Å²) in [4.78, 5) is 20.5. The molecule has 5 heteroatoms. The Morgan fingerprint density at radius 2 is 2.45 bits per heavy atom. The number of hydrogen-bond donors (Lipinski definition) is 1. The number of rotatable bonds is 1. The van der Waals surface area contributed by atoms with Gasteiger partial charge in [-0.2, -0.15) is 0 Å². The van der Waals surface area contributed by atoms with E-state index in [0.717, 1.165) is 6.08 Å². The summed E-state index contributed by atoms with van der Waals surface area (Å²) in [5, 5.41) is 8.18. The summed E-state index contributed by atoms with van der Waals surface area (Å²) in [6.45, 7) is 1.34. The summed E-state index contributed by atoms with van der Waals surface area (Å²) < 4.78 is 8.76. The van der Waals surface area contributed by atoms with Crippen LogP contribution in [-0.4, -0.2) is 23.0 Å². The van der Waals surface area contributed by atoms with Crippen molar-refractivity contribution in [2.75, 3.05) is 0 Å². The molecule has 1 N–H and O–H groups in total. The maximum Gasteiger partial charge on any atom is 0.509 e. The number of hydrogen-bond acceptors (Lipinski definition) is 4. The van der Waals surface area contributed by atoms with Gasteiger partial charge >= 0.3 is 12.1 Å². The van der Waals surface area contributed by atoms with Gasteiger partial charge in [0.15, 0.2) is 0 Å². The van der Waals surface area contributed by atoms with Crippen LogP contribution in [-0.2, 0) is 14.3 Å². The number of ether oxygens (including phenoxy) is 2. The minimum absolute atomic E-state index is 0.603. The molecule has 0 amide bonds. The van der Waals surface area contributed by atoms with Crippen molar-refractivity contribution in [1.82, 2.24) is 0 Å². The number of carbonyl (C=O) groups excluding carboxylic acids is 1. The van der Waals surface area contributed by atoms with Gasteiger partial charge in [-0.3, -0.25) is 0 Å². The summed E-state index contributed by atoms with van der Waals surface area (Å²) in [7, 11) is 0. The lowest BCUT2D eigenvalue weighted by Crippen LogP contribution is -2.30. The molecular weight excluding hydrogens is 152 g/mol. The van der Waals surface area contributed by atoms with Crippen LogP contribution in [0.2, 0.25) is 0 Å². The van der Waals surface area contributed by atoms with Crippen LogP contribution in [0.3, 0.4) is 0 Å². The van der Waals surface area contributed by atoms with Gasteiger partial charge in [0, 0.05) is 19.1 Å². The molecule has 1 heterocycles. The minimum atomic E-state index is -1.48. The van der Waals surface area contributed by atoms with E-state index >= 15 is 0 Å². The number of carboxylic acid groups (broad SMARTS) is 1. The molecule has 0 aromatic rings. The highest BCUT2D eigenvalue weighted by Gasteiger charge is 2.34. The Hall–Kier alpha value is -1.52. The van der Waals surface area contributed by atoms with Gasteiger partial charge in [0.25, 0.3) is 5.79 Å². The summed E-state index contributed by atoms with van der Waals surface area (Å²) in [6, 6.07) is 0. The molecule has 5 nitrogen and oxygen atoms in total. The molecule has 0 radical (unpaired) electrons. The van der Waals surface area contributed by atoms with E-state index < -0.39 is 17.9 Å². The third-order valence-corrected chi connectivity index (χ3v) is 1.12. The highest BCUT2D eigenvalue weighted by Crippen LogP contribution is 2.20. The second-order valence-corrected chi connectivity index (χ2v) is 2.14. The minimum Gasteiger partial charge on any atom is -0.450 e. The highest BCUT2D eigenvalue weighted by molar-refractivity contribution is 5.85. The Balaban J connectivity index is 2.63. The zero-order chi connectivity index (χ0) is 8.48. The third-order valence-electron chi connectivity index (χ3n) is 1.12. The first kappa shape index (κ1) is 7.59. The summed E-state index contributed by atoms with van der Waals surface area (Å²) >= 11 is 0. The quantitative estimate of drug-likeness (QED) is 0.563. The zero-order valence-electron chi connectivity index (χ0n) is 5.73. The van der Waals surface area contributed by atoms with Crippen molar-refractivity contribution in [2.45, 2.75) is 12.7 Å². The lowest BCUT2D eigenvalue weighted by Gasteiger charge is -2.18. The molecule has 0 saturated heterocycles. The van der Waals surface area contributed by atoms with Crippen molar-refractivity contribution in [2.24, 2.45) is 0 Å². The fourth-order valence-electron chi connectivity index (χ4n) is 0.715. The van der Waals surface area contributed by atoms with Crippen LogP contribution in [0.5, 0.6) is 0 Å². The summed E-state index contributed by atoms with van der Waals surface area (Å²) in [6.07, 6.45) is 0.874. The van der Waals surface area contributed by atoms with Gasteiger partial charge in [0.1, 0.15) is 0 Å². The molecule has 0 aliphatic carbocycles. The van der Waals surface area contributed by atoms with Gasteiger partial charge in [-0.1, -0.05) is 0 Å². The molecule has 0 aromatic heterocycles. The molecule has 0 bridgehead atoms. The lowest BCUT2D eigenvalue weighted by molar-refractivity contribution is -0.176. The van der Waals surface area contributed by atoms with Crippen LogP contribution in [0, 0.1) is 0 Å². The predicted octanol–water partition coefficient (Wildman–Crippen LogP) is 0.510. The first-order valence-corrected chi connectivity index (χ1v) is 2.86. The molecular formula is C6H6O5. The third kappa shape index (κ3) is 1.70. The first-order valence-electron chi connectivity index (χ1n) is 2.86. The van der Waals surface area contributed by atoms with E-state index in [1.165, 1.54) is 13.0 Å². The average molecular weight is 158 g/mol. The van der Waals surface area contributed by atoms with Gasteiger partial charge in [-0.05, 0) is 0 Å². The normalized spacial score (nSPS) is 28.3. The Kier molecular flexibility index (Phi) is 1.56. The molecule has 0 spiro atoms. The van der Waals surface area contributed by atoms with Crippen LogP contribution in [0.4, 0.5) is 4.79 Å². The van der Waals surface area contributed by atoms with Crippen LogP contribution >= 0.6 is 0 Å². The van der Waals surface area contributed by atoms with Crippen LogP contribution in [0.25, 0.3) is 0 Å². The topological polar surface area (TPSA) is 72.8 Å². The average Bonchev–Trinajstić information content (AvgIpc) is 2.08. The summed E-state index contributed by atoms with van der Waals surface area (Å²) in [5.74, 6) is -2.04. The SMILES string of the molecule is CC1(OC(=O)O)C=CC(=O)O1. The number of carbonyl (C=O) groups is 2. The van der Waals surface area contributed by atoms with E-state index in [9.17, 15) is 9.59 Å². The van der Waals surface area contributed by atoms with Gasteiger partial charge < -0.3 is 14.6 Å². The maximum absolute atomic E-state index is 10.5. The lowest BCUT2D eigenvalue weighted by atomic mass is 10.3. The standard InChI is InChI=1S/C6H6O5/c1-6(11-5(8)9)3-2-4(7)10-6/h2-3H,1H3,(H,8,9).